The van der Waals surface area contributed by atoms with Gasteiger partial charge in [0.05, 0.1) is 6.54 Å². The van der Waals surface area contributed by atoms with Crippen molar-refractivity contribution in [3.63, 3.8) is 0 Å². The van der Waals surface area contributed by atoms with Crippen LogP contribution < -0.4 is 5.32 Å². The maximum absolute atomic E-state index is 13.2. The molecule has 0 aromatic heterocycles. The van der Waals surface area contributed by atoms with Gasteiger partial charge in [-0.15, -0.1) is 0 Å². The first-order valence-electron chi connectivity index (χ1n) is 10.2. The van der Waals surface area contributed by atoms with Crippen molar-refractivity contribution in [1.82, 2.24) is 10.2 Å². The third kappa shape index (κ3) is 4.42. The Morgan fingerprint density at radius 2 is 1.66 bits per heavy atom. The Morgan fingerprint density at radius 1 is 1.00 bits per heavy atom. The number of carbonyl (C=O) groups is 1. The minimum absolute atomic E-state index is 0.0510. The second-order valence-corrected chi connectivity index (χ2v) is 7.73. The first-order valence-corrected chi connectivity index (χ1v) is 10.2. The topological polar surface area (TPSA) is 41.6 Å². The number of carbonyl (C=O) groups excluding carboxylic acids is 1. The Bertz CT molecular complexity index is 809. The Labute approximate surface area is 169 Å². The quantitative estimate of drug-likeness (QED) is 0.817. The summed E-state index contributed by atoms with van der Waals surface area (Å²) in [5, 5.41) is 2.90. The van der Waals surface area contributed by atoms with Crippen LogP contribution in [-0.2, 0) is 4.74 Å². The molecule has 1 aliphatic carbocycles. The van der Waals surface area contributed by atoms with Crippen LogP contribution in [0.3, 0.4) is 0 Å². The van der Waals surface area contributed by atoms with Crippen LogP contribution in [0.2, 0.25) is 0 Å². The first kappa shape index (κ1) is 19.8. The number of rotatable bonds is 2. The molecule has 3 aliphatic rings. The van der Waals surface area contributed by atoms with Crippen LogP contribution in [-0.4, -0.2) is 56.1 Å². The van der Waals surface area contributed by atoms with Crippen LogP contribution in [0.5, 0.6) is 0 Å². The van der Waals surface area contributed by atoms with Gasteiger partial charge in [0, 0.05) is 19.0 Å². The molecule has 4 nitrogen and oxygen atoms in total. The molecule has 1 amide bonds. The Hall–Kier alpha value is -2.47. The molecular formula is C23H26F2N2O2. The lowest BCUT2D eigenvalue weighted by Gasteiger charge is -2.18. The zero-order valence-electron chi connectivity index (χ0n) is 16.3. The highest BCUT2D eigenvalue weighted by atomic mass is 19.1. The van der Waals surface area contributed by atoms with Crippen LogP contribution >= 0.6 is 0 Å². The lowest BCUT2D eigenvalue weighted by molar-refractivity contribution is 0.105. The summed E-state index contributed by atoms with van der Waals surface area (Å²) in [7, 11) is 0. The molecule has 2 aliphatic heterocycles. The van der Waals surface area contributed by atoms with Crippen molar-refractivity contribution in [2.24, 2.45) is 0 Å². The lowest BCUT2D eigenvalue weighted by atomic mass is 9.98. The summed E-state index contributed by atoms with van der Waals surface area (Å²) in [5.74, 6) is 0.0510. The van der Waals surface area contributed by atoms with Crippen molar-refractivity contribution < 1.29 is 18.3 Å². The predicted molar refractivity (Wildman–Crippen MR) is 109 cm³/mol. The van der Waals surface area contributed by atoms with E-state index >= 15 is 0 Å². The first-order chi connectivity index (χ1) is 14.1. The summed E-state index contributed by atoms with van der Waals surface area (Å²) in [6, 6.07) is 16.4. The number of hydrogen-bond donors (Lipinski definition) is 1. The number of ether oxygens (including phenoxy) is 1. The van der Waals surface area contributed by atoms with E-state index in [-0.39, 0.29) is 12.5 Å². The SMILES string of the molecule is FC1CCNC1.O=C(OCC1c2ccccc2-c2ccccc21)N1CCC(F)C1. The third-order valence-corrected chi connectivity index (χ3v) is 5.73. The number of benzene rings is 2. The Morgan fingerprint density at radius 3 is 2.14 bits per heavy atom. The van der Waals surface area contributed by atoms with Crippen molar-refractivity contribution in [3.8, 4) is 11.1 Å². The fourth-order valence-electron chi connectivity index (χ4n) is 4.19. The maximum atomic E-state index is 13.2. The van der Waals surface area contributed by atoms with Gasteiger partial charge in [0.15, 0.2) is 0 Å². The molecule has 2 fully saturated rings. The highest BCUT2D eigenvalue weighted by molar-refractivity contribution is 5.79. The molecule has 5 rings (SSSR count). The minimum Gasteiger partial charge on any atom is -0.448 e. The van der Waals surface area contributed by atoms with Crippen LogP contribution in [0.15, 0.2) is 48.5 Å². The van der Waals surface area contributed by atoms with E-state index in [1.54, 1.807) is 0 Å². The molecule has 2 unspecified atom stereocenters. The number of likely N-dealkylation sites (tertiary alicyclic amines) is 1. The average Bonchev–Trinajstić information content (AvgIpc) is 3.46. The van der Waals surface area contributed by atoms with Crippen molar-refractivity contribution in [2.75, 3.05) is 32.8 Å². The second kappa shape index (κ2) is 8.91. The fourth-order valence-corrected chi connectivity index (χ4v) is 4.19. The third-order valence-electron chi connectivity index (χ3n) is 5.73. The summed E-state index contributed by atoms with van der Waals surface area (Å²) in [6.45, 7) is 2.32. The molecule has 2 saturated heterocycles. The highest BCUT2D eigenvalue weighted by Gasteiger charge is 2.31. The predicted octanol–water partition coefficient (Wildman–Crippen LogP) is 4.30. The smallest absolute Gasteiger partial charge is 0.409 e. The molecule has 0 saturated carbocycles. The van der Waals surface area contributed by atoms with Crippen molar-refractivity contribution >= 4 is 6.09 Å². The normalized spacial score (nSPS) is 22.6. The molecule has 6 heteroatoms. The number of alkyl halides is 2. The highest BCUT2D eigenvalue weighted by Crippen LogP contribution is 2.44. The molecule has 2 aromatic rings. The van der Waals surface area contributed by atoms with Gasteiger partial charge in [0.2, 0.25) is 0 Å². The molecule has 29 heavy (non-hydrogen) atoms. The molecule has 2 heterocycles. The van der Waals surface area contributed by atoms with Gasteiger partial charge in [-0.2, -0.15) is 0 Å². The molecule has 154 valence electrons. The summed E-state index contributed by atoms with van der Waals surface area (Å²) in [5.41, 5.74) is 4.78. The van der Waals surface area contributed by atoms with Gasteiger partial charge >= 0.3 is 6.09 Å². The van der Waals surface area contributed by atoms with E-state index in [2.05, 4.69) is 29.6 Å². The van der Waals surface area contributed by atoms with Gasteiger partial charge in [-0.3, -0.25) is 0 Å². The molecule has 2 aromatic carbocycles. The van der Waals surface area contributed by atoms with Gasteiger partial charge in [-0.25, -0.2) is 13.6 Å². The zero-order chi connectivity index (χ0) is 20.2. The van der Waals surface area contributed by atoms with E-state index in [9.17, 15) is 13.6 Å². The summed E-state index contributed by atoms with van der Waals surface area (Å²) in [6.07, 6.45) is -0.781. The standard InChI is InChI=1S/C19H18FNO2.C4H8FN/c20-13-9-10-21(11-13)19(22)23-12-18-16-7-3-1-5-14(16)15-6-2-4-8-17(15)18;5-4-1-2-6-3-4/h1-8,13,18H,9-12H2;4,6H,1-3H2. The Kier molecular flexibility index (Phi) is 6.09. The summed E-state index contributed by atoms with van der Waals surface area (Å²) >= 11 is 0. The number of fused-ring (bicyclic) bond motifs is 3. The average molecular weight is 400 g/mol. The molecule has 2 atom stereocenters. The molecule has 0 bridgehead atoms. The second-order valence-electron chi connectivity index (χ2n) is 7.73. The number of halogens is 2. The van der Waals surface area contributed by atoms with Gasteiger partial charge in [0.1, 0.15) is 19.0 Å². The molecule has 0 spiro atoms. The Balaban J connectivity index is 0.000000294. The summed E-state index contributed by atoms with van der Waals surface area (Å²) in [4.78, 5) is 13.6. The van der Waals surface area contributed by atoms with Crippen molar-refractivity contribution in [3.05, 3.63) is 59.7 Å². The lowest BCUT2D eigenvalue weighted by Crippen LogP contribution is -2.30. The van der Waals surface area contributed by atoms with Crippen molar-refractivity contribution in [1.29, 1.82) is 0 Å². The van der Waals surface area contributed by atoms with Crippen LogP contribution in [0.25, 0.3) is 11.1 Å². The zero-order valence-corrected chi connectivity index (χ0v) is 16.3. The molecular weight excluding hydrogens is 374 g/mol. The van der Waals surface area contributed by atoms with Crippen LogP contribution in [0.1, 0.15) is 29.9 Å². The molecule has 1 N–H and O–H groups in total. The largest absolute Gasteiger partial charge is 0.448 e. The number of hydrogen-bond acceptors (Lipinski definition) is 3. The van der Waals surface area contributed by atoms with E-state index in [0.717, 1.165) is 6.54 Å². The van der Waals surface area contributed by atoms with Gasteiger partial charge in [0.25, 0.3) is 0 Å². The monoisotopic (exact) mass is 400 g/mol. The maximum Gasteiger partial charge on any atom is 0.409 e. The van der Waals surface area contributed by atoms with Crippen LogP contribution in [0.4, 0.5) is 13.6 Å². The van der Waals surface area contributed by atoms with E-state index in [1.165, 1.54) is 27.2 Å². The van der Waals surface area contributed by atoms with Crippen LogP contribution in [0, 0.1) is 0 Å². The van der Waals surface area contributed by atoms with E-state index in [0.29, 0.717) is 32.5 Å². The van der Waals surface area contributed by atoms with Gasteiger partial charge < -0.3 is 15.0 Å². The van der Waals surface area contributed by atoms with Crippen molar-refractivity contribution in [2.45, 2.75) is 31.1 Å². The molecule has 0 radical (unpaired) electrons. The van der Waals surface area contributed by atoms with Gasteiger partial charge in [-0.1, -0.05) is 48.5 Å². The number of nitrogens with one attached hydrogen (secondary N) is 1. The van der Waals surface area contributed by atoms with E-state index in [1.807, 2.05) is 24.3 Å². The summed E-state index contributed by atoms with van der Waals surface area (Å²) < 4.78 is 30.6. The number of amides is 1. The van der Waals surface area contributed by atoms with E-state index in [4.69, 9.17) is 4.74 Å². The minimum atomic E-state index is -0.921. The van der Waals surface area contributed by atoms with Gasteiger partial charge in [-0.05, 0) is 41.6 Å². The number of nitrogens with zero attached hydrogens (tertiary/aromatic N) is 1. The van der Waals surface area contributed by atoms with E-state index < -0.39 is 18.4 Å². The fraction of sp³-hybridized carbons (Fsp3) is 0.435.